The first-order valence-electron chi connectivity index (χ1n) is 8.62. The molecule has 4 rings (SSSR count). The van der Waals surface area contributed by atoms with Crippen molar-refractivity contribution in [2.75, 3.05) is 16.4 Å². The highest BCUT2D eigenvalue weighted by molar-refractivity contribution is 7.91. The molecule has 0 spiro atoms. The summed E-state index contributed by atoms with van der Waals surface area (Å²) < 4.78 is 30.0. The smallest absolute Gasteiger partial charge is 0.387 e. The summed E-state index contributed by atoms with van der Waals surface area (Å²) in [6, 6.07) is 11.9. The zero-order chi connectivity index (χ0) is 19.7. The van der Waals surface area contributed by atoms with Crippen molar-refractivity contribution in [3.63, 3.8) is 0 Å². The van der Waals surface area contributed by atoms with E-state index in [2.05, 4.69) is 5.10 Å². The Kier molecular flexibility index (Phi) is 4.90. The summed E-state index contributed by atoms with van der Waals surface area (Å²) in [4.78, 5) is 27.3. The third-order valence-corrected chi connectivity index (χ3v) is 7.11. The lowest BCUT2D eigenvalue weighted by Gasteiger charge is -2.28. The van der Waals surface area contributed by atoms with Gasteiger partial charge in [-0.05, 0) is 30.0 Å². The highest BCUT2D eigenvalue weighted by Crippen LogP contribution is 2.25. The van der Waals surface area contributed by atoms with E-state index in [1.165, 1.54) is 16.2 Å². The van der Waals surface area contributed by atoms with E-state index in [9.17, 15) is 18.0 Å². The SMILES string of the molecule is O=C(Cn1nc(-c2cccs2)oc1=O)N(c1ccccc1)[C@H]1CCS(=O)(=O)C1. The summed E-state index contributed by atoms with van der Waals surface area (Å²) in [6.07, 6.45) is 0.358. The van der Waals surface area contributed by atoms with E-state index in [0.717, 1.165) is 4.68 Å². The van der Waals surface area contributed by atoms with E-state index in [-0.39, 0.29) is 23.9 Å². The van der Waals surface area contributed by atoms with Gasteiger partial charge in [0.2, 0.25) is 5.91 Å². The molecule has 3 aromatic rings. The van der Waals surface area contributed by atoms with Gasteiger partial charge in [-0.2, -0.15) is 4.68 Å². The Labute approximate surface area is 164 Å². The van der Waals surface area contributed by atoms with Crippen molar-refractivity contribution in [1.29, 1.82) is 0 Å². The molecule has 28 heavy (non-hydrogen) atoms. The fourth-order valence-corrected chi connectivity index (χ4v) is 5.58. The third kappa shape index (κ3) is 3.78. The Balaban J connectivity index is 1.62. The van der Waals surface area contributed by atoms with Gasteiger partial charge in [0.25, 0.3) is 5.89 Å². The predicted octanol–water partition coefficient (Wildman–Crippen LogP) is 1.79. The van der Waals surface area contributed by atoms with Gasteiger partial charge in [0, 0.05) is 5.69 Å². The zero-order valence-corrected chi connectivity index (χ0v) is 16.4. The number of para-hydroxylation sites is 1. The van der Waals surface area contributed by atoms with Crippen LogP contribution >= 0.6 is 11.3 Å². The molecule has 1 aromatic carbocycles. The number of nitrogens with zero attached hydrogens (tertiary/aromatic N) is 3. The van der Waals surface area contributed by atoms with Crippen molar-refractivity contribution in [3.05, 3.63) is 58.4 Å². The molecule has 10 heteroatoms. The number of aromatic nitrogens is 2. The van der Waals surface area contributed by atoms with E-state index in [1.807, 2.05) is 17.5 Å². The number of amides is 1. The molecular weight excluding hydrogens is 402 g/mol. The number of sulfone groups is 1. The second kappa shape index (κ2) is 7.36. The number of anilines is 1. The first-order valence-corrected chi connectivity index (χ1v) is 11.3. The minimum atomic E-state index is -3.18. The van der Waals surface area contributed by atoms with Gasteiger partial charge >= 0.3 is 5.76 Å². The lowest BCUT2D eigenvalue weighted by molar-refractivity contribution is -0.119. The van der Waals surface area contributed by atoms with Crippen molar-refractivity contribution in [3.8, 4) is 10.8 Å². The number of carbonyl (C=O) groups is 1. The van der Waals surface area contributed by atoms with Crippen LogP contribution in [0.4, 0.5) is 5.69 Å². The Morgan fingerprint density at radius 1 is 1.25 bits per heavy atom. The molecule has 0 saturated carbocycles. The average molecular weight is 419 g/mol. The summed E-state index contributed by atoms with van der Waals surface area (Å²) >= 11 is 1.37. The molecule has 146 valence electrons. The van der Waals surface area contributed by atoms with Crippen LogP contribution in [0.2, 0.25) is 0 Å². The number of thiophene rings is 1. The van der Waals surface area contributed by atoms with Gasteiger partial charge in [-0.3, -0.25) is 4.79 Å². The number of rotatable bonds is 5. The fourth-order valence-electron chi connectivity index (χ4n) is 3.24. The van der Waals surface area contributed by atoms with E-state index < -0.39 is 27.5 Å². The molecular formula is C18H17N3O5S2. The molecule has 0 aliphatic carbocycles. The van der Waals surface area contributed by atoms with Crippen LogP contribution in [0.3, 0.4) is 0 Å². The normalized spacial score (nSPS) is 18.2. The Bertz CT molecular complexity index is 1130. The van der Waals surface area contributed by atoms with Gasteiger partial charge in [0.1, 0.15) is 6.54 Å². The van der Waals surface area contributed by atoms with Gasteiger partial charge in [0.15, 0.2) is 9.84 Å². The Morgan fingerprint density at radius 2 is 2.04 bits per heavy atom. The van der Waals surface area contributed by atoms with E-state index in [1.54, 1.807) is 30.3 Å². The van der Waals surface area contributed by atoms with Crippen molar-refractivity contribution in [2.24, 2.45) is 0 Å². The molecule has 0 radical (unpaired) electrons. The van der Waals surface area contributed by atoms with Gasteiger partial charge in [-0.1, -0.05) is 24.3 Å². The zero-order valence-electron chi connectivity index (χ0n) is 14.7. The maximum atomic E-state index is 13.1. The third-order valence-electron chi connectivity index (χ3n) is 4.50. The molecule has 3 heterocycles. The van der Waals surface area contributed by atoms with Crippen LogP contribution in [-0.2, 0) is 21.2 Å². The van der Waals surface area contributed by atoms with Gasteiger partial charge in [0.05, 0.1) is 22.4 Å². The maximum absolute atomic E-state index is 13.1. The van der Waals surface area contributed by atoms with Crippen LogP contribution in [-0.4, -0.2) is 41.7 Å². The van der Waals surface area contributed by atoms with Gasteiger partial charge < -0.3 is 9.32 Å². The molecule has 0 N–H and O–H groups in total. The molecule has 1 amide bonds. The molecule has 2 aromatic heterocycles. The highest BCUT2D eigenvalue weighted by Gasteiger charge is 2.35. The summed E-state index contributed by atoms with van der Waals surface area (Å²) in [7, 11) is -3.18. The second-order valence-electron chi connectivity index (χ2n) is 6.46. The summed E-state index contributed by atoms with van der Waals surface area (Å²) in [5.74, 6) is -1.05. The number of hydrogen-bond donors (Lipinski definition) is 0. The number of hydrogen-bond acceptors (Lipinski definition) is 7. The minimum Gasteiger partial charge on any atom is -0.387 e. The van der Waals surface area contributed by atoms with Crippen molar-refractivity contribution in [1.82, 2.24) is 9.78 Å². The predicted molar refractivity (Wildman–Crippen MR) is 105 cm³/mol. The van der Waals surface area contributed by atoms with E-state index in [0.29, 0.717) is 17.0 Å². The van der Waals surface area contributed by atoms with Crippen LogP contribution in [0.5, 0.6) is 0 Å². The summed E-state index contributed by atoms with van der Waals surface area (Å²) in [6.45, 7) is -0.334. The minimum absolute atomic E-state index is 0.0424. The van der Waals surface area contributed by atoms with Crippen LogP contribution in [0, 0.1) is 0 Å². The van der Waals surface area contributed by atoms with Crippen LogP contribution in [0.15, 0.2) is 57.1 Å². The average Bonchev–Trinajstić information content (AvgIpc) is 3.38. The monoisotopic (exact) mass is 419 g/mol. The number of benzene rings is 1. The topological polar surface area (TPSA) is 102 Å². The van der Waals surface area contributed by atoms with Crippen molar-refractivity contribution in [2.45, 2.75) is 19.0 Å². The molecule has 1 atom stereocenters. The van der Waals surface area contributed by atoms with E-state index >= 15 is 0 Å². The van der Waals surface area contributed by atoms with Crippen LogP contribution in [0.1, 0.15) is 6.42 Å². The second-order valence-corrected chi connectivity index (χ2v) is 9.64. The first-order chi connectivity index (χ1) is 13.4. The molecule has 1 aliphatic rings. The molecule has 1 aliphatic heterocycles. The van der Waals surface area contributed by atoms with Crippen LogP contribution in [0.25, 0.3) is 10.8 Å². The molecule has 0 bridgehead atoms. The highest BCUT2D eigenvalue weighted by atomic mass is 32.2. The van der Waals surface area contributed by atoms with E-state index in [4.69, 9.17) is 4.42 Å². The molecule has 0 unspecified atom stereocenters. The number of carbonyl (C=O) groups excluding carboxylic acids is 1. The fraction of sp³-hybridized carbons (Fsp3) is 0.278. The molecule has 1 fully saturated rings. The van der Waals surface area contributed by atoms with Crippen molar-refractivity contribution < 1.29 is 17.6 Å². The Hall–Kier alpha value is -2.72. The van der Waals surface area contributed by atoms with Crippen LogP contribution < -0.4 is 10.7 Å². The standard InChI is InChI=1S/C18H17N3O5S2/c22-16(11-20-18(23)26-17(19-20)15-7-4-9-27-15)21(13-5-2-1-3-6-13)14-8-10-28(24,25)12-14/h1-7,9,14H,8,10-12H2/t14-/m0/s1. The van der Waals surface area contributed by atoms with Gasteiger partial charge in [-0.15, -0.1) is 16.4 Å². The lowest BCUT2D eigenvalue weighted by Crippen LogP contribution is -2.44. The van der Waals surface area contributed by atoms with Gasteiger partial charge in [-0.25, -0.2) is 13.2 Å². The maximum Gasteiger partial charge on any atom is 0.437 e. The Morgan fingerprint density at radius 3 is 2.68 bits per heavy atom. The summed E-state index contributed by atoms with van der Waals surface area (Å²) in [5, 5.41) is 5.94. The summed E-state index contributed by atoms with van der Waals surface area (Å²) in [5.41, 5.74) is 0.588. The first kappa shape index (κ1) is 18.6. The van der Waals surface area contributed by atoms with Crippen molar-refractivity contribution >= 4 is 32.8 Å². The quantitative estimate of drug-likeness (QED) is 0.625. The molecule has 8 nitrogen and oxygen atoms in total. The molecule has 1 saturated heterocycles. The lowest BCUT2D eigenvalue weighted by atomic mass is 10.2. The largest absolute Gasteiger partial charge is 0.437 e.